The Morgan fingerprint density at radius 3 is 1.58 bits per heavy atom. The Morgan fingerprint density at radius 1 is 1.50 bits per heavy atom. The summed E-state index contributed by atoms with van der Waals surface area (Å²) in [6.45, 7) is 8.60. The summed E-state index contributed by atoms with van der Waals surface area (Å²) in [6, 6.07) is 0. The first kappa shape index (κ1) is 17.4. The highest BCUT2D eigenvalue weighted by Gasteiger charge is 1.90. The highest BCUT2D eigenvalue weighted by Crippen LogP contribution is 1.81. The van der Waals surface area contributed by atoms with E-state index in [9.17, 15) is 4.79 Å². The Labute approximate surface area is 74.2 Å². The molecule has 0 heterocycles. The first-order chi connectivity index (χ1) is 5.37. The molecule has 1 atom stereocenters. The number of carboxylic acids is 1. The van der Waals surface area contributed by atoms with Crippen LogP contribution in [0.15, 0.2) is 12.2 Å². The Morgan fingerprint density at radius 2 is 1.58 bits per heavy atom. The van der Waals surface area contributed by atoms with Gasteiger partial charge in [0, 0.05) is 5.57 Å². The minimum atomic E-state index is -2.86. The smallest absolute Gasteiger partial charge is 0.330 e. The van der Waals surface area contributed by atoms with Crippen LogP contribution in [0.25, 0.3) is 0 Å². The largest absolute Gasteiger partial charge is 0.750 e. The standard InChI is InChI=1S/C4H6O2.C2H6.H2O3S/c1-3(2)4(5)6;1-2;1-4(2)3/h1H2,2H3,(H,5,6);1-2H3;(H2,1,2,3)/p-1. The second-order valence-corrected chi connectivity index (χ2v) is 1.74. The third kappa shape index (κ3) is 59.1. The summed E-state index contributed by atoms with van der Waals surface area (Å²) in [7, 11) is 0. The predicted molar refractivity (Wildman–Crippen MR) is 45.3 cm³/mol. The minimum absolute atomic E-state index is 0.176. The lowest BCUT2D eigenvalue weighted by atomic mass is 10.4. The van der Waals surface area contributed by atoms with Crippen LogP contribution in [0, 0.1) is 0 Å². The van der Waals surface area contributed by atoms with Gasteiger partial charge in [0.05, 0.1) is 11.4 Å². The topological polar surface area (TPSA) is 97.7 Å². The highest BCUT2D eigenvalue weighted by atomic mass is 32.2. The van der Waals surface area contributed by atoms with Gasteiger partial charge in [0.25, 0.3) is 0 Å². The number of rotatable bonds is 1. The molecule has 2 N–H and O–H groups in total. The SMILES string of the molecule is C=C(C)C(=O)O.CC.O=S([O-])O. The van der Waals surface area contributed by atoms with Crippen molar-refractivity contribution in [3.05, 3.63) is 12.2 Å². The maximum atomic E-state index is 9.60. The molecule has 0 aromatic heterocycles. The van der Waals surface area contributed by atoms with Crippen LogP contribution in [0.2, 0.25) is 0 Å². The third-order valence-electron chi connectivity index (χ3n) is 0.365. The van der Waals surface area contributed by atoms with Crippen LogP contribution in [0.4, 0.5) is 0 Å². The van der Waals surface area contributed by atoms with Crippen molar-refractivity contribution in [3.63, 3.8) is 0 Å². The fourth-order valence-electron chi connectivity index (χ4n) is 0. The molecular weight excluding hydrogens is 184 g/mol. The van der Waals surface area contributed by atoms with Crippen molar-refractivity contribution in [3.8, 4) is 0 Å². The van der Waals surface area contributed by atoms with Gasteiger partial charge in [-0.2, -0.15) is 0 Å². The van der Waals surface area contributed by atoms with E-state index in [2.05, 4.69) is 6.58 Å². The molecule has 0 amide bonds. The van der Waals surface area contributed by atoms with Crippen LogP contribution in [-0.4, -0.2) is 24.4 Å². The van der Waals surface area contributed by atoms with Crippen molar-refractivity contribution >= 4 is 17.3 Å². The van der Waals surface area contributed by atoms with Gasteiger partial charge in [-0.15, -0.1) is 0 Å². The molecule has 0 spiro atoms. The summed E-state index contributed by atoms with van der Waals surface area (Å²) >= 11 is -2.86. The van der Waals surface area contributed by atoms with Crippen LogP contribution in [0.1, 0.15) is 20.8 Å². The molecule has 6 heteroatoms. The monoisotopic (exact) mass is 197 g/mol. The lowest BCUT2D eigenvalue weighted by Gasteiger charge is -1.83. The van der Waals surface area contributed by atoms with E-state index < -0.39 is 17.3 Å². The first-order valence-electron chi connectivity index (χ1n) is 3.05. The van der Waals surface area contributed by atoms with Gasteiger partial charge in [0.1, 0.15) is 0 Å². The van der Waals surface area contributed by atoms with Crippen molar-refractivity contribution in [2.24, 2.45) is 0 Å². The molecule has 12 heavy (non-hydrogen) atoms. The van der Waals surface area contributed by atoms with Gasteiger partial charge >= 0.3 is 5.97 Å². The Hall–Kier alpha value is -0.720. The summed E-state index contributed by atoms with van der Waals surface area (Å²) in [5.74, 6) is -0.935. The average molecular weight is 197 g/mol. The molecule has 0 aromatic rings. The lowest BCUT2D eigenvalue weighted by Crippen LogP contribution is -1.92. The fraction of sp³-hybridized carbons (Fsp3) is 0.500. The van der Waals surface area contributed by atoms with Crippen molar-refractivity contribution in [1.82, 2.24) is 0 Å². The average Bonchev–Trinajstić information content (AvgIpc) is 1.90. The highest BCUT2D eigenvalue weighted by molar-refractivity contribution is 7.73. The molecular formula is C6H13O5S-. The zero-order valence-electron chi connectivity index (χ0n) is 7.23. The van der Waals surface area contributed by atoms with Gasteiger partial charge in [-0.1, -0.05) is 20.4 Å². The molecule has 0 aliphatic rings. The first-order valence-corrected chi connectivity index (χ1v) is 4.08. The van der Waals surface area contributed by atoms with Crippen LogP contribution < -0.4 is 0 Å². The Balaban J connectivity index is -0.000000118. The number of aliphatic carboxylic acids is 1. The van der Waals surface area contributed by atoms with E-state index in [1.54, 1.807) is 0 Å². The molecule has 0 rings (SSSR count). The van der Waals surface area contributed by atoms with Gasteiger partial charge in [-0.3, -0.25) is 0 Å². The molecule has 0 bridgehead atoms. The summed E-state index contributed by atoms with van der Waals surface area (Å²) in [6.07, 6.45) is 0. The predicted octanol–water partition coefficient (Wildman–Crippen LogP) is 1.01. The van der Waals surface area contributed by atoms with Gasteiger partial charge in [0.2, 0.25) is 0 Å². The second-order valence-electron chi connectivity index (χ2n) is 1.30. The molecule has 0 aromatic carbocycles. The molecule has 0 aliphatic carbocycles. The second kappa shape index (κ2) is 12.9. The zero-order valence-corrected chi connectivity index (χ0v) is 8.05. The number of carboxylic acid groups (broad SMARTS) is 1. The van der Waals surface area contributed by atoms with E-state index in [4.69, 9.17) is 18.4 Å². The van der Waals surface area contributed by atoms with Crippen molar-refractivity contribution < 1.29 is 23.2 Å². The van der Waals surface area contributed by atoms with Crippen molar-refractivity contribution in [1.29, 1.82) is 0 Å². The van der Waals surface area contributed by atoms with Crippen LogP contribution in [0.3, 0.4) is 0 Å². The maximum Gasteiger partial charge on any atom is 0.330 e. The van der Waals surface area contributed by atoms with Crippen LogP contribution in [-0.2, 0) is 16.2 Å². The van der Waals surface area contributed by atoms with E-state index in [1.807, 2.05) is 13.8 Å². The Kier molecular flexibility index (Phi) is 18.7. The van der Waals surface area contributed by atoms with E-state index in [0.29, 0.717) is 0 Å². The lowest BCUT2D eigenvalue weighted by molar-refractivity contribution is -0.132. The van der Waals surface area contributed by atoms with Gasteiger partial charge < -0.3 is 14.2 Å². The number of hydrogen-bond donors (Lipinski definition) is 2. The number of hydrogen-bond acceptors (Lipinski definition) is 3. The summed E-state index contributed by atoms with van der Waals surface area (Å²) in [4.78, 5) is 9.60. The van der Waals surface area contributed by atoms with Crippen LogP contribution >= 0.6 is 0 Å². The maximum absolute atomic E-state index is 9.60. The zero-order chi connectivity index (χ0) is 10.7. The van der Waals surface area contributed by atoms with E-state index in [-0.39, 0.29) is 5.57 Å². The molecule has 0 fully saturated rings. The molecule has 0 aliphatic heterocycles. The quantitative estimate of drug-likeness (QED) is 0.483. The number of carbonyl (C=O) groups is 1. The van der Waals surface area contributed by atoms with Gasteiger partial charge in [-0.25, -0.2) is 9.00 Å². The summed E-state index contributed by atoms with van der Waals surface area (Å²) < 4.78 is 24.1. The molecule has 0 radical (unpaired) electrons. The molecule has 74 valence electrons. The van der Waals surface area contributed by atoms with E-state index in [0.717, 1.165) is 0 Å². The van der Waals surface area contributed by atoms with Crippen LogP contribution in [0.5, 0.6) is 0 Å². The normalized spacial score (nSPS) is 9.42. The minimum Gasteiger partial charge on any atom is -0.750 e. The van der Waals surface area contributed by atoms with E-state index in [1.165, 1.54) is 6.92 Å². The van der Waals surface area contributed by atoms with E-state index >= 15 is 0 Å². The fourth-order valence-corrected chi connectivity index (χ4v) is 0. The van der Waals surface area contributed by atoms with Gasteiger partial charge in [0.15, 0.2) is 0 Å². The molecule has 1 unspecified atom stereocenters. The molecule has 0 saturated carbocycles. The van der Waals surface area contributed by atoms with Crippen molar-refractivity contribution in [2.75, 3.05) is 0 Å². The Bertz CT molecular complexity index is 138. The molecule has 5 nitrogen and oxygen atoms in total. The van der Waals surface area contributed by atoms with Crippen molar-refractivity contribution in [2.45, 2.75) is 20.8 Å². The summed E-state index contributed by atoms with van der Waals surface area (Å²) in [5, 5.41) is 7.89. The summed E-state index contributed by atoms with van der Waals surface area (Å²) in [5.41, 5.74) is 0.176. The molecule has 0 saturated heterocycles. The third-order valence-corrected chi connectivity index (χ3v) is 0.365. The van der Waals surface area contributed by atoms with Gasteiger partial charge in [-0.05, 0) is 6.92 Å².